The van der Waals surface area contributed by atoms with Crippen molar-refractivity contribution < 1.29 is 14.3 Å². The number of aromatic nitrogens is 7. The first-order valence-electron chi connectivity index (χ1n) is 14.5. The van der Waals surface area contributed by atoms with Crippen molar-refractivity contribution in [2.24, 2.45) is 0 Å². The standard InChI is InChI=1S/C32H33ClN8O3/c1-3-9-24-18-29(32(43)35-23(17-30(42)44-4-2)16-22-10-5-8-13-27(22)33)38-41(24)20-21-14-15-28(34-19-21)25-11-6-7-12-26(25)31-36-39-40-37-31/h5-8,10-15,18-19,23H,3-4,9,16-17,20H2,1-2H3,(H,35,43)(H,36,37,39,40). The van der Waals surface area contributed by atoms with E-state index in [9.17, 15) is 9.59 Å². The molecule has 5 rings (SSSR count). The van der Waals surface area contributed by atoms with E-state index in [2.05, 4.69) is 38.0 Å². The van der Waals surface area contributed by atoms with Crippen molar-refractivity contribution >= 4 is 23.5 Å². The summed E-state index contributed by atoms with van der Waals surface area (Å²) >= 11 is 6.37. The van der Waals surface area contributed by atoms with Gasteiger partial charge in [-0.1, -0.05) is 73.5 Å². The van der Waals surface area contributed by atoms with Crippen molar-refractivity contribution in [2.45, 2.75) is 52.1 Å². The highest BCUT2D eigenvalue weighted by atomic mass is 35.5. The number of nitrogens with zero attached hydrogens (tertiary/aromatic N) is 6. The highest BCUT2D eigenvalue weighted by Crippen LogP contribution is 2.28. The van der Waals surface area contributed by atoms with E-state index < -0.39 is 12.0 Å². The summed E-state index contributed by atoms with van der Waals surface area (Å²) in [5.74, 6) is -0.193. The number of aromatic amines is 1. The zero-order valence-electron chi connectivity index (χ0n) is 24.5. The van der Waals surface area contributed by atoms with Crippen LogP contribution in [0, 0.1) is 0 Å². The normalized spacial score (nSPS) is 11.7. The van der Waals surface area contributed by atoms with Gasteiger partial charge in [0.1, 0.15) is 5.69 Å². The van der Waals surface area contributed by atoms with Crippen LogP contribution in [-0.4, -0.2) is 59.9 Å². The number of halogens is 1. The van der Waals surface area contributed by atoms with Crippen molar-refractivity contribution in [1.82, 2.24) is 40.7 Å². The number of amides is 1. The van der Waals surface area contributed by atoms with Crippen molar-refractivity contribution in [3.8, 4) is 22.6 Å². The Bertz CT molecular complexity index is 1700. The number of esters is 1. The van der Waals surface area contributed by atoms with E-state index >= 15 is 0 Å². The highest BCUT2D eigenvalue weighted by molar-refractivity contribution is 6.31. The molecule has 11 nitrogen and oxygen atoms in total. The average Bonchev–Trinajstić information content (AvgIpc) is 3.70. The Hall–Kier alpha value is -4.90. The van der Waals surface area contributed by atoms with Crippen molar-refractivity contribution in [3.63, 3.8) is 0 Å². The molecular weight excluding hydrogens is 580 g/mol. The van der Waals surface area contributed by atoms with Gasteiger partial charge in [0.15, 0.2) is 5.82 Å². The first-order valence-corrected chi connectivity index (χ1v) is 14.9. The van der Waals surface area contributed by atoms with E-state index in [0.29, 0.717) is 23.8 Å². The Labute approximate surface area is 260 Å². The van der Waals surface area contributed by atoms with Gasteiger partial charge in [-0.25, -0.2) is 5.10 Å². The molecule has 226 valence electrons. The average molecular weight is 613 g/mol. The molecule has 0 aliphatic heterocycles. The smallest absolute Gasteiger partial charge is 0.307 e. The zero-order valence-corrected chi connectivity index (χ0v) is 25.3. The maximum atomic E-state index is 13.4. The summed E-state index contributed by atoms with van der Waals surface area (Å²) in [5, 5.41) is 22.4. The summed E-state index contributed by atoms with van der Waals surface area (Å²) in [6, 6.07) is 20.4. The molecule has 0 saturated carbocycles. The van der Waals surface area contributed by atoms with Crippen LogP contribution >= 0.6 is 11.6 Å². The van der Waals surface area contributed by atoms with Gasteiger partial charge in [0.25, 0.3) is 5.91 Å². The van der Waals surface area contributed by atoms with Crippen LogP contribution in [0.3, 0.4) is 0 Å². The third-order valence-corrected chi connectivity index (χ3v) is 7.41. The fraction of sp³-hybridized carbons (Fsp3) is 0.281. The third kappa shape index (κ3) is 7.54. The molecule has 1 unspecified atom stereocenters. The number of carbonyl (C=O) groups excluding carboxylic acids is 2. The van der Waals surface area contributed by atoms with Gasteiger partial charge >= 0.3 is 5.97 Å². The minimum atomic E-state index is -0.520. The molecule has 2 N–H and O–H groups in total. The van der Waals surface area contributed by atoms with Gasteiger partial charge < -0.3 is 10.1 Å². The van der Waals surface area contributed by atoms with Crippen LogP contribution in [0.1, 0.15) is 54.0 Å². The highest BCUT2D eigenvalue weighted by Gasteiger charge is 2.22. The minimum Gasteiger partial charge on any atom is -0.466 e. The van der Waals surface area contributed by atoms with Crippen LogP contribution in [0.5, 0.6) is 0 Å². The predicted octanol–water partition coefficient (Wildman–Crippen LogP) is 5.07. The molecule has 1 atom stereocenters. The molecule has 44 heavy (non-hydrogen) atoms. The number of rotatable bonds is 13. The Morgan fingerprint density at radius 2 is 1.84 bits per heavy atom. The molecule has 3 aromatic heterocycles. The second kappa shape index (κ2) is 14.5. The van der Waals surface area contributed by atoms with Crippen LogP contribution in [0.25, 0.3) is 22.6 Å². The summed E-state index contributed by atoms with van der Waals surface area (Å²) in [4.78, 5) is 30.5. The number of pyridine rings is 1. The molecule has 3 heterocycles. The van der Waals surface area contributed by atoms with Gasteiger partial charge in [0.2, 0.25) is 0 Å². The summed E-state index contributed by atoms with van der Waals surface area (Å²) < 4.78 is 6.98. The molecule has 0 spiro atoms. The van der Waals surface area contributed by atoms with Crippen LogP contribution in [0.2, 0.25) is 5.02 Å². The zero-order chi connectivity index (χ0) is 30.9. The maximum Gasteiger partial charge on any atom is 0.307 e. The quantitative estimate of drug-likeness (QED) is 0.176. The molecule has 12 heteroatoms. The summed E-state index contributed by atoms with van der Waals surface area (Å²) in [7, 11) is 0. The van der Waals surface area contributed by atoms with E-state index in [0.717, 1.165) is 46.5 Å². The molecule has 0 saturated heterocycles. The molecule has 0 radical (unpaired) electrons. The van der Waals surface area contributed by atoms with E-state index in [1.165, 1.54) is 0 Å². The number of carbonyl (C=O) groups is 2. The van der Waals surface area contributed by atoms with E-state index in [1.54, 1.807) is 25.3 Å². The number of tetrazole rings is 1. The SMILES string of the molecule is CCCc1cc(C(=O)NC(CC(=O)OCC)Cc2ccccc2Cl)nn1Cc1ccc(-c2ccccc2-c2nnn[nH]2)nc1. The lowest BCUT2D eigenvalue weighted by molar-refractivity contribution is -0.143. The van der Waals surface area contributed by atoms with Crippen molar-refractivity contribution in [1.29, 1.82) is 0 Å². The lowest BCUT2D eigenvalue weighted by atomic mass is 10.0. The molecule has 0 aliphatic rings. The number of aryl methyl sites for hydroxylation is 1. The first kappa shape index (κ1) is 30.6. The third-order valence-electron chi connectivity index (χ3n) is 7.04. The molecule has 0 bridgehead atoms. The van der Waals surface area contributed by atoms with Gasteiger partial charge in [-0.05, 0) is 59.5 Å². The topological polar surface area (TPSA) is 141 Å². The molecule has 5 aromatic rings. The molecule has 0 fully saturated rings. The first-order chi connectivity index (χ1) is 21.4. The number of nitrogens with one attached hydrogen (secondary N) is 2. The van der Waals surface area contributed by atoms with E-state index in [4.69, 9.17) is 21.3 Å². The van der Waals surface area contributed by atoms with Crippen molar-refractivity contribution in [3.05, 3.63) is 100 Å². The second-order valence-electron chi connectivity index (χ2n) is 10.3. The lowest BCUT2D eigenvalue weighted by Crippen LogP contribution is -2.38. The molecule has 1 amide bonds. The number of H-pyrrole nitrogens is 1. The lowest BCUT2D eigenvalue weighted by Gasteiger charge is -2.18. The summed E-state index contributed by atoms with van der Waals surface area (Å²) in [6.45, 7) is 4.53. The van der Waals surface area contributed by atoms with Gasteiger partial charge in [0, 0.05) is 34.1 Å². The van der Waals surface area contributed by atoms with Crippen LogP contribution in [0.15, 0.2) is 72.9 Å². The number of hydrogen-bond donors (Lipinski definition) is 2. The Kier molecular flexibility index (Phi) is 10.1. The monoisotopic (exact) mass is 612 g/mol. The Morgan fingerprint density at radius 1 is 1.05 bits per heavy atom. The van der Waals surface area contributed by atoms with Gasteiger partial charge in [-0.15, -0.1) is 5.10 Å². The number of ether oxygens (including phenoxy) is 1. The molecule has 2 aromatic carbocycles. The van der Waals surface area contributed by atoms with Crippen LogP contribution in [-0.2, 0) is 28.9 Å². The number of benzene rings is 2. The van der Waals surface area contributed by atoms with Crippen molar-refractivity contribution in [2.75, 3.05) is 6.61 Å². The molecule has 0 aliphatic carbocycles. The van der Waals surface area contributed by atoms with Gasteiger partial charge in [-0.3, -0.25) is 19.3 Å². The largest absolute Gasteiger partial charge is 0.466 e. The second-order valence-corrected chi connectivity index (χ2v) is 10.7. The maximum absolute atomic E-state index is 13.4. The fourth-order valence-corrected chi connectivity index (χ4v) is 5.19. The predicted molar refractivity (Wildman–Crippen MR) is 166 cm³/mol. The number of hydrogen-bond acceptors (Lipinski definition) is 8. The Balaban J connectivity index is 1.33. The van der Waals surface area contributed by atoms with Gasteiger partial charge in [-0.2, -0.15) is 5.10 Å². The molecular formula is C32H33ClN8O3. The Morgan fingerprint density at radius 3 is 2.55 bits per heavy atom. The summed E-state index contributed by atoms with van der Waals surface area (Å²) in [6.07, 6.45) is 3.83. The van der Waals surface area contributed by atoms with Gasteiger partial charge in [0.05, 0.1) is 25.3 Å². The van der Waals surface area contributed by atoms with E-state index in [-0.39, 0.29) is 24.6 Å². The van der Waals surface area contributed by atoms with Crippen LogP contribution in [0.4, 0.5) is 0 Å². The van der Waals surface area contributed by atoms with E-state index in [1.807, 2.05) is 59.3 Å². The summed E-state index contributed by atoms with van der Waals surface area (Å²) in [5.41, 5.74) is 5.49. The minimum absolute atomic E-state index is 0.0153. The fourth-order valence-electron chi connectivity index (χ4n) is 4.98. The van der Waals surface area contributed by atoms with Crippen LogP contribution < -0.4 is 5.32 Å².